The van der Waals surface area contributed by atoms with E-state index in [9.17, 15) is 0 Å². The molecule has 2 aromatic heterocycles. The van der Waals surface area contributed by atoms with Crippen molar-refractivity contribution in [2.24, 2.45) is 0 Å². The Morgan fingerprint density at radius 1 is 1.70 bits per heavy atom. The molecule has 0 aromatic carbocycles. The van der Waals surface area contributed by atoms with E-state index < -0.39 is 0 Å². The van der Waals surface area contributed by atoms with Gasteiger partial charge in [0.05, 0.1) is 16.4 Å². The molecule has 2 aromatic rings. The van der Waals surface area contributed by atoms with Crippen molar-refractivity contribution in [3.05, 3.63) is 17.1 Å². The van der Waals surface area contributed by atoms with E-state index in [1.54, 1.807) is 0 Å². The van der Waals surface area contributed by atoms with Crippen LogP contribution in [0.5, 0.6) is 0 Å². The first kappa shape index (κ1) is 5.92. The lowest BCUT2D eigenvalue weighted by Gasteiger charge is -1.80. The fourth-order valence-electron chi connectivity index (χ4n) is 0.976. The number of hydrogen-bond donors (Lipinski definition) is 1. The third-order valence-electron chi connectivity index (χ3n) is 1.53. The van der Waals surface area contributed by atoms with Gasteiger partial charge in [0.25, 0.3) is 0 Å². The minimum absolute atomic E-state index is 1.12. The zero-order valence-corrected chi connectivity index (χ0v) is 6.53. The molecule has 0 radical (unpaired) electrons. The van der Waals surface area contributed by atoms with Crippen LogP contribution < -0.4 is 0 Å². The molecule has 52 valence electrons. The topological polar surface area (TPSA) is 28.7 Å². The molecule has 0 saturated carbocycles. The molecule has 0 bridgehead atoms. The highest BCUT2D eigenvalue weighted by molar-refractivity contribution is 7.18. The van der Waals surface area contributed by atoms with Crippen LogP contribution in [-0.2, 0) is 6.42 Å². The summed E-state index contributed by atoms with van der Waals surface area (Å²) in [5.74, 6) is 0. The standard InChI is InChI=1S/C7H8N2S/c1-2-5-3-6-7(10-5)4-8-9-6/h3-4H,2H2,1H3,(H,8,9). The van der Waals surface area contributed by atoms with Gasteiger partial charge in [-0.1, -0.05) is 6.92 Å². The summed E-state index contributed by atoms with van der Waals surface area (Å²) in [4.78, 5) is 1.42. The Kier molecular flexibility index (Phi) is 1.24. The Balaban J connectivity index is 2.67. The van der Waals surface area contributed by atoms with Crippen LogP contribution in [0.4, 0.5) is 0 Å². The SMILES string of the molecule is CCc1cc2[nH]ncc2s1. The van der Waals surface area contributed by atoms with Crippen LogP contribution >= 0.6 is 11.3 Å². The Bertz CT molecular complexity index is 305. The van der Waals surface area contributed by atoms with E-state index in [1.165, 1.54) is 15.1 Å². The van der Waals surface area contributed by atoms with Gasteiger partial charge in [-0.05, 0) is 12.5 Å². The maximum atomic E-state index is 3.92. The molecule has 0 unspecified atom stereocenters. The highest BCUT2D eigenvalue weighted by Crippen LogP contribution is 2.23. The molecule has 3 heteroatoms. The van der Waals surface area contributed by atoms with Gasteiger partial charge in [-0.15, -0.1) is 11.3 Å². The molecule has 2 heterocycles. The van der Waals surface area contributed by atoms with Gasteiger partial charge in [0.15, 0.2) is 0 Å². The normalized spacial score (nSPS) is 10.9. The fourth-order valence-corrected chi connectivity index (χ4v) is 1.90. The van der Waals surface area contributed by atoms with E-state index in [0.29, 0.717) is 0 Å². The molecule has 0 fully saturated rings. The van der Waals surface area contributed by atoms with Crippen LogP contribution in [0.3, 0.4) is 0 Å². The average molecular weight is 152 g/mol. The van der Waals surface area contributed by atoms with Crippen LogP contribution in [-0.4, -0.2) is 10.2 Å². The number of hydrogen-bond acceptors (Lipinski definition) is 2. The lowest BCUT2D eigenvalue weighted by atomic mass is 10.4. The predicted octanol–water partition coefficient (Wildman–Crippen LogP) is 2.19. The first-order valence-corrected chi connectivity index (χ1v) is 4.13. The maximum absolute atomic E-state index is 3.92. The van der Waals surface area contributed by atoms with E-state index >= 15 is 0 Å². The molecule has 0 aliphatic heterocycles. The Morgan fingerprint density at radius 2 is 2.60 bits per heavy atom. The molecule has 0 aliphatic carbocycles. The minimum Gasteiger partial charge on any atom is -0.277 e. The first-order chi connectivity index (χ1) is 4.90. The molecule has 0 saturated heterocycles. The van der Waals surface area contributed by atoms with Crippen LogP contribution in [0.25, 0.3) is 10.2 Å². The van der Waals surface area contributed by atoms with E-state index in [0.717, 1.165) is 6.42 Å². The summed E-state index contributed by atoms with van der Waals surface area (Å²) in [5.41, 5.74) is 1.17. The van der Waals surface area contributed by atoms with Crippen LogP contribution in [0, 0.1) is 0 Å². The maximum Gasteiger partial charge on any atom is 0.0761 e. The second kappa shape index (κ2) is 2.09. The van der Waals surface area contributed by atoms with Gasteiger partial charge in [-0.2, -0.15) is 5.10 Å². The lowest BCUT2D eigenvalue weighted by molar-refractivity contribution is 1.11. The molecule has 0 aliphatic rings. The predicted molar refractivity (Wildman–Crippen MR) is 43.3 cm³/mol. The van der Waals surface area contributed by atoms with Gasteiger partial charge in [-0.3, -0.25) is 5.10 Å². The van der Waals surface area contributed by atoms with E-state index in [4.69, 9.17) is 0 Å². The Hall–Kier alpha value is -0.830. The van der Waals surface area contributed by atoms with Crippen LogP contribution in [0.2, 0.25) is 0 Å². The molecule has 0 spiro atoms. The minimum atomic E-state index is 1.12. The Morgan fingerprint density at radius 3 is 3.30 bits per heavy atom. The highest BCUT2D eigenvalue weighted by Gasteiger charge is 1.99. The van der Waals surface area contributed by atoms with Crippen molar-refractivity contribution in [1.29, 1.82) is 0 Å². The number of rotatable bonds is 1. The summed E-state index contributed by atoms with van der Waals surface area (Å²) in [6.07, 6.45) is 2.99. The van der Waals surface area contributed by atoms with Gasteiger partial charge < -0.3 is 0 Å². The van der Waals surface area contributed by atoms with Gasteiger partial charge in [0.1, 0.15) is 0 Å². The summed E-state index contributed by atoms with van der Waals surface area (Å²) >= 11 is 1.81. The number of aromatic nitrogens is 2. The second-order valence-corrected chi connectivity index (χ2v) is 3.38. The van der Waals surface area contributed by atoms with E-state index in [2.05, 4.69) is 23.2 Å². The monoisotopic (exact) mass is 152 g/mol. The molecule has 2 nitrogen and oxygen atoms in total. The van der Waals surface area contributed by atoms with Crippen molar-refractivity contribution in [3.8, 4) is 0 Å². The van der Waals surface area contributed by atoms with Gasteiger partial charge in [-0.25, -0.2) is 0 Å². The van der Waals surface area contributed by atoms with Gasteiger partial charge in [0.2, 0.25) is 0 Å². The molecule has 0 atom stereocenters. The largest absolute Gasteiger partial charge is 0.277 e. The van der Waals surface area contributed by atoms with Crippen molar-refractivity contribution < 1.29 is 0 Å². The lowest BCUT2D eigenvalue weighted by Crippen LogP contribution is -1.67. The Labute approximate surface area is 62.9 Å². The molecular formula is C7H8N2S. The molecular weight excluding hydrogens is 144 g/mol. The van der Waals surface area contributed by atoms with Crippen molar-refractivity contribution in [2.45, 2.75) is 13.3 Å². The van der Waals surface area contributed by atoms with E-state index in [-0.39, 0.29) is 0 Å². The van der Waals surface area contributed by atoms with Crippen molar-refractivity contribution >= 4 is 21.6 Å². The van der Waals surface area contributed by atoms with Gasteiger partial charge in [0, 0.05) is 4.88 Å². The summed E-state index contributed by atoms with van der Waals surface area (Å²) in [7, 11) is 0. The molecule has 10 heavy (non-hydrogen) atoms. The third-order valence-corrected chi connectivity index (χ3v) is 2.74. The van der Waals surface area contributed by atoms with Gasteiger partial charge >= 0.3 is 0 Å². The summed E-state index contributed by atoms with van der Waals surface area (Å²) in [6.45, 7) is 2.16. The fraction of sp³-hybridized carbons (Fsp3) is 0.286. The molecule has 2 rings (SSSR count). The van der Waals surface area contributed by atoms with Crippen molar-refractivity contribution in [1.82, 2.24) is 10.2 Å². The quantitative estimate of drug-likeness (QED) is 0.666. The first-order valence-electron chi connectivity index (χ1n) is 3.32. The number of aryl methyl sites for hydroxylation is 1. The number of aromatic amines is 1. The number of nitrogens with one attached hydrogen (secondary N) is 1. The molecule has 1 N–H and O–H groups in total. The number of H-pyrrole nitrogens is 1. The van der Waals surface area contributed by atoms with Crippen molar-refractivity contribution in [3.63, 3.8) is 0 Å². The van der Waals surface area contributed by atoms with Crippen LogP contribution in [0.1, 0.15) is 11.8 Å². The second-order valence-electron chi connectivity index (χ2n) is 2.21. The van der Waals surface area contributed by atoms with Crippen LogP contribution in [0.15, 0.2) is 12.3 Å². The van der Waals surface area contributed by atoms with E-state index in [1.807, 2.05) is 17.5 Å². The smallest absolute Gasteiger partial charge is 0.0761 e. The zero-order chi connectivity index (χ0) is 6.97. The summed E-state index contributed by atoms with van der Waals surface area (Å²) in [5, 5.41) is 6.86. The number of fused-ring (bicyclic) bond motifs is 1. The summed E-state index contributed by atoms with van der Waals surface area (Å²) in [6, 6.07) is 2.16. The molecule has 0 amide bonds. The third kappa shape index (κ3) is 0.743. The summed E-state index contributed by atoms with van der Waals surface area (Å²) < 4.78 is 1.26. The average Bonchev–Trinajstić information content (AvgIpc) is 2.42. The number of thiophene rings is 1. The number of nitrogens with zero attached hydrogens (tertiary/aromatic N) is 1. The zero-order valence-electron chi connectivity index (χ0n) is 5.72. The highest BCUT2D eigenvalue weighted by atomic mass is 32.1. The van der Waals surface area contributed by atoms with Crippen molar-refractivity contribution in [2.75, 3.05) is 0 Å².